The van der Waals surface area contributed by atoms with Crippen molar-refractivity contribution in [1.29, 1.82) is 0 Å². The van der Waals surface area contributed by atoms with Crippen molar-refractivity contribution in [2.75, 3.05) is 6.54 Å². The monoisotopic (exact) mass is 312 g/mol. The van der Waals surface area contributed by atoms with Gasteiger partial charge in [-0.05, 0) is 30.3 Å². The summed E-state index contributed by atoms with van der Waals surface area (Å²) in [7, 11) is 0. The fourth-order valence-corrected chi connectivity index (χ4v) is 2.61. The maximum absolute atomic E-state index is 12.4. The van der Waals surface area contributed by atoms with Gasteiger partial charge in [0.2, 0.25) is 0 Å². The number of carbonyl (C=O) groups excluding carboxylic acids is 1. The van der Waals surface area contributed by atoms with Gasteiger partial charge in [-0.2, -0.15) is 0 Å². The van der Waals surface area contributed by atoms with Crippen LogP contribution < -0.4 is 5.32 Å². The number of imidazole rings is 1. The lowest BCUT2D eigenvalue weighted by Crippen LogP contribution is -2.32. The van der Waals surface area contributed by atoms with E-state index in [0.717, 1.165) is 18.5 Å². The molecule has 5 nitrogen and oxygen atoms in total. The third-order valence-corrected chi connectivity index (χ3v) is 3.75. The summed E-state index contributed by atoms with van der Waals surface area (Å²) < 4.78 is 1.98. The molecule has 22 heavy (non-hydrogen) atoms. The molecule has 3 rings (SSSR count). The maximum atomic E-state index is 12.4. The molecule has 0 atom stereocenters. The summed E-state index contributed by atoms with van der Waals surface area (Å²) in [4.78, 5) is 18.0. The number of nitrogens with one attached hydrogen (secondary N) is 1. The fourth-order valence-electron chi connectivity index (χ4n) is 2.32. The Morgan fingerprint density at radius 2 is 2.05 bits per heavy atom. The third-order valence-electron chi connectivity index (χ3n) is 3.43. The SMILES string of the molecule is O=C1/C(=C\c2ccccc2)NC(=S)N1CCCn1ccnc1. The van der Waals surface area contributed by atoms with Crippen LogP contribution in [-0.4, -0.2) is 32.0 Å². The van der Waals surface area contributed by atoms with E-state index in [2.05, 4.69) is 10.3 Å². The van der Waals surface area contributed by atoms with Crippen LogP contribution in [0, 0.1) is 0 Å². The van der Waals surface area contributed by atoms with E-state index in [1.54, 1.807) is 17.4 Å². The topological polar surface area (TPSA) is 50.2 Å². The summed E-state index contributed by atoms with van der Waals surface area (Å²) >= 11 is 5.26. The Balaban J connectivity index is 1.63. The van der Waals surface area contributed by atoms with Gasteiger partial charge in [0.15, 0.2) is 5.11 Å². The standard InChI is InChI=1S/C16H16N4OS/c21-15-14(11-13-5-2-1-3-6-13)18-16(22)20(15)9-4-8-19-10-7-17-12-19/h1-3,5-7,10-12H,4,8-9H2,(H,18,22)/b14-11+. The lowest BCUT2D eigenvalue weighted by atomic mass is 10.2. The van der Waals surface area contributed by atoms with Crippen molar-refractivity contribution in [3.05, 3.63) is 60.3 Å². The molecule has 1 aliphatic heterocycles. The lowest BCUT2D eigenvalue weighted by Gasteiger charge is -2.13. The van der Waals surface area contributed by atoms with Crippen LogP contribution in [0.15, 0.2) is 54.7 Å². The molecule has 112 valence electrons. The van der Waals surface area contributed by atoms with Crippen molar-refractivity contribution in [2.24, 2.45) is 0 Å². The Bertz CT molecular complexity index is 694. The zero-order valence-electron chi connectivity index (χ0n) is 12.0. The number of hydrogen-bond acceptors (Lipinski definition) is 3. The van der Waals surface area contributed by atoms with Crippen LogP contribution in [0.25, 0.3) is 6.08 Å². The van der Waals surface area contributed by atoms with Crippen LogP contribution in [0.2, 0.25) is 0 Å². The molecule has 1 aliphatic rings. The Hall–Kier alpha value is -2.47. The highest BCUT2D eigenvalue weighted by atomic mass is 32.1. The first kappa shape index (κ1) is 14.5. The van der Waals surface area contributed by atoms with Crippen molar-refractivity contribution >= 4 is 29.3 Å². The second-order valence-corrected chi connectivity index (χ2v) is 5.40. The van der Waals surface area contributed by atoms with Crippen molar-refractivity contribution in [2.45, 2.75) is 13.0 Å². The number of thiocarbonyl (C=S) groups is 1. The number of carbonyl (C=O) groups is 1. The van der Waals surface area contributed by atoms with Gasteiger partial charge in [-0.1, -0.05) is 30.3 Å². The van der Waals surface area contributed by atoms with Crippen molar-refractivity contribution in [3.63, 3.8) is 0 Å². The number of benzene rings is 1. The van der Waals surface area contributed by atoms with Crippen LogP contribution in [0.3, 0.4) is 0 Å². The average Bonchev–Trinajstić information content (AvgIpc) is 3.12. The minimum absolute atomic E-state index is 0.0699. The molecule has 0 aliphatic carbocycles. The van der Waals surface area contributed by atoms with E-state index in [4.69, 9.17) is 12.2 Å². The quantitative estimate of drug-likeness (QED) is 0.678. The van der Waals surface area contributed by atoms with E-state index in [1.165, 1.54) is 0 Å². The van der Waals surface area contributed by atoms with Crippen molar-refractivity contribution < 1.29 is 4.79 Å². The highest BCUT2D eigenvalue weighted by molar-refractivity contribution is 7.80. The number of rotatable bonds is 5. The molecule has 0 radical (unpaired) electrons. The molecule has 1 N–H and O–H groups in total. The van der Waals surface area contributed by atoms with E-state index < -0.39 is 0 Å². The summed E-state index contributed by atoms with van der Waals surface area (Å²) in [6.07, 6.45) is 8.06. The van der Waals surface area contributed by atoms with E-state index in [-0.39, 0.29) is 5.91 Å². The summed E-state index contributed by atoms with van der Waals surface area (Å²) in [6.45, 7) is 1.40. The zero-order chi connectivity index (χ0) is 15.4. The Kier molecular flexibility index (Phi) is 4.29. The highest BCUT2D eigenvalue weighted by Gasteiger charge is 2.29. The van der Waals surface area contributed by atoms with Crippen LogP contribution in [0.1, 0.15) is 12.0 Å². The molecule has 1 aromatic carbocycles. The van der Waals surface area contributed by atoms with Crippen molar-refractivity contribution in [1.82, 2.24) is 19.8 Å². The molecule has 2 heterocycles. The summed E-state index contributed by atoms with van der Waals surface area (Å²) in [5, 5.41) is 3.47. The smallest absolute Gasteiger partial charge is 0.276 e. The predicted octanol–water partition coefficient (Wildman–Crippen LogP) is 2.03. The molecule has 1 aromatic heterocycles. The van der Waals surface area contributed by atoms with Gasteiger partial charge in [0.05, 0.1) is 6.33 Å². The first-order valence-corrected chi connectivity index (χ1v) is 7.50. The second-order valence-electron chi connectivity index (χ2n) is 5.01. The number of aryl methyl sites for hydroxylation is 1. The fraction of sp³-hybridized carbons (Fsp3) is 0.188. The predicted molar refractivity (Wildman–Crippen MR) is 88.7 cm³/mol. The molecule has 0 spiro atoms. The first-order valence-electron chi connectivity index (χ1n) is 7.09. The van der Waals surface area contributed by atoms with E-state index in [0.29, 0.717) is 17.4 Å². The number of nitrogens with zero attached hydrogens (tertiary/aromatic N) is 3. The Morgan fingerprint density at radius 3 is 2.77 bits per heavy atom. The molecule has 1 saturated heterocycles. The van der Waals surface area contributed by atoms with Crippen LogP contribution in [0.4, 0.5) is 0 Å². The van der Waals surface area contributed by atoms with Crippen LogP contribution >= 0.6 is 12.2 Å². The molecule has 1 fully saturated rings. The van der Waals surface area contributed by atoms with Gasteiger partial charge in [-0.25, -0.2) is 4.98 Å². The lowest BCUT2D eigenvalue weighted by molar-refractivity contribution is -0.122. The number of amides is 1. The number of aromatic nitrogens is 2. The molecule has 2 aromatic rings. The molecule has 0 saturated carbocycles. The van der Waals surface area contributed by atoms with Gasteiger partial charge in [0.1, 0.15) is 5.70 Å². The summed E-state index contributed by atoms with van der Waals surface area (Å²) in [5.74, 6) is -0.0699. The average molecular weight is 312 g/mol. The van der Waals surface area contributed by atoms with E-state index >= 15 is 0 Å². The molecule has 1 amide bonds. The van der Waals surface area contributed by atoms with Gasteiger partial charge in [0.25, 0.3) is 5.91 Å². The number of hydrogen-bond donors (Lipinski definition) is 1. The van der Waals surface area contributed by atoms with E-state index in [9.17, 15) is 4.79 Å². The van der Waals surface area contributed by atoms with Crippen LogP contribution in [-0.2, 0) is 11.3 Å². The largest absolute Gasteiger partial charge is 0.337 e. The first-order chi connectivity index (χ1) is 10.7. The maximum Gasteiger partial charge on any atom is 0.276 e. The molecule has 0 unspecified atom stereocenters. The highest BCUT2D eigenvalue weighted by Crippen LogP contribution is 2.14. The summed E-state index contributed by atoms with van der Waals surface area (Å²) in [5.41, 5.74) is 1.50. The zero-order valence-corrected chi connectivity index (χ0v) is 12.8. The molecular formula is C16H16N4OS. The van der Waals surface area contributed by atoms with Crippen molar-refractivity contribution in [3.8, 4) is 0 Å². The van der Waals surface area contributed by atoms with Gasteiger partial charge in [-0.3, -0.25) is 9.69 Å². The molecule has 6 heteroatoms. The van der Waals surface area contributed by atoms with Gasteiger partial charge < -0.3 is 9.88 Å². The minimum atomic E-state index is -0.0699. The van der Waals surface area contributed by atoms with Gasteiger partial charge in [0, 0.05) is 25.5 Å². The minimum Gasteiger partial charge on any atom is -0.337 e. The molecular weight excluding hydrogens is 296 g/mol. The van der Waals surface area contributed by atoms with Crippen LogP contribution in [0.5, 0.6) is 0 Å². The van der Waals surface area contributed by atoms with Gasteiger partial charge in [-0.15, -0.1) is 0 Å². The van der Waals surface area contributed by atoms with E-state index in [1.807, 2.05) is 47.2 Å². The second kappa shape index (κ2) is 6.53. The molecule has 0 bridgehead atoms. The Labute approximate surface area is 134 Å². The third kappa shape index (κ3) is 3.23. The normalized spacial score (nSPS) is 16.4. The Morgan fingerprint density at radius 1 is 1.23 bits per heavy atom. The van der Waals surface area contributed by atoms with Gasteiger partial charge >= 0.3 is 0 Å². The summed E-state index contributed by atoms with van der Waals surface area (Å²) in [6, 6.07) is 9.72.